The maximum Gasteiger partial charge on any atom is 0.315 e. The molecule has 1 aromatic heterocycles. The van der Waals surface area contributed by atoms with E-state index in [9.17, 15) is 9.59 Å². The van der Waals surface area contributed by atoms with Crippen LogP contribution in [0.25, 0.3) is 10.9 Å². The van der Waals surface area contributed by atoms with Gasteiger partial charge in [0.05, 0.1) is 7.11 Å². The summed E-state index contributed by atoms with van der Waals surface area (Å²) in [5.74, 6) is -1.10. The predicted octanol–water partition coefficient (Wildman–Crippen LogP) is 3.82. The monoisotopic (exact) mass is 382 g/mol. The molecule has 0 bridgehead atoms. The first-order valence-electron chi connectivity index (χ1n) is 8.81. The number of fused-ring (bicyclic) bond motifs is 2. The Morgan fingerprint density at radius 1 is 1.19 bits per heavy atom. The molecule has 5 nitrogen and oxygen atoms in total. The summed E-state index contributed by atoms with van der Waals surface area (Å²) in [5.41, 5.74) is 3.32. The Labute approximate surface area is 161 Å². The van der Waals surface area contributed by atoms with Crippen molar-refractivity contribution in [1.82, 2.24) is 10.3 Å². The van der Waals surface area contributed by atoms with E-state index in [1.54, 1.807) is 18.2 Å². The minimum Gasteiger partial charge on any atom is -0.468 e. The number of H-pyrrole nitrogens is 1. The van der Waals surface area contributed by atoms with Crippen LogP contribution < -0.4 is 5.32 Å². The molecule has 0 aliphatic heterocycles. The van der Waals surface area contributed by atoms with E-state index in [2.05, 4.69) is 10.3 Å². The zero-order valence-corrected chi connectivity index (χ0v) is 15.5. The Morgan fingerprint density at radius 2 is 2.00 bits per heavy atom. The number of carbonyl (C=O) groups excluding carboxylic acids is 2. The topological polar surface area (TPSA) is 71.2 Å². The van der Waals surface area contributed by atoms with Crippen LogP contribution in [0.3, 0.4) is 0 Å². The summed E-state index contributed by atoms with van der Waals surface area (Å²) >= 11 is 6.02. The van der Waals surface area contributed by atoms with Gasteiger partial charge in [0.1, 0.15) is 11.6 Å². The third kappa shape index (κ3) is 3.30. The highest BCUT2D eigenvalue weighted by Gasteiger charge is 2.36. The SMILES string of the molecule is COC(=O)C1c2ccccc2CCC1NC(=O)c1cc2cc(Cl)ccc2[nH]1. The molecule has 1 aliphatic rings. The van der Waals surface area contributed by atoms with Gasteiger partial charge in [0.15, 0.2) is 0 Å². The van der Waals surface area contributed by atoms with Crippen molar-refractivity contribution in [2.75, 3.05) is 7.11 Å². The van der Waals surface area contributed by atoms with E-state index in [4.69, 9.17) is 16.3 Å². The van der Waals surface area contributed by atoms with Crippen LogP contribution in [0.5, 0.6) is 0 Å². The van der Waals surface area contributed by atoms with Crippen LogP contribution in [0.15, 0.2) is 48.5 Å². The first-order chi connectivity index (χ1) is 13.1. The third-order valence-corrected chi connectivity index (χ3v) is 5.35. The number of rotatable bonds is 3. The largest absolute Gasteiger partial charge is 0.468 e. The van der Waals surface area contributed by atoms with Gasteiger partial charge in [-0.2, -0.15) is 0 Å². The molecule has 2 aromatic carbocycles. The molecule has 0 radical (unpaired) electrons. The number of ether oxygens (including phenoxy) is 1. The van der Waals surface area contributed by atoms with Gasteiger partial charge in [-0.1, -0.05) is 35.9 Å². The Morgan fingerprint density at radius 3 is 2.81 bits per heavy atom. The molecule has 0 saturated heterocycles. The fraction of sp³-hybridized carbons (Fsp3) is 0.238. The maximum atomic E-state index is 12.8. The van der Waals surface area contributed by atoms with Crippen molar-refractivity contribution in [1.29, 1.82) is 0 Å². The highest BCUT2D eigenvalue weighted by atomic mass is 35.5. The molecule has 2 unspecified atom stereocenters. The van der Waals surface area contributed by atoms with Crippen LogP contribution in [0, 0.1) is 0 Å². The van der Waals surface area contributed by atoms with E-state index in [1.807, 2.05) is 30.3 Å². The number of halogens is 1. The van der Waals surface area contributed by atoms with E-state index < -0.39 is 5.92 Å². The number of aromatic nitrogens is 1. The van der Waals surface area contributed by atoms with Gasteiger partial charge in [0, 0.05) is 22.0 Å². The second-order valence-corrected chi connectivity index (χ2v) is 7.17. The average Bonchev–Trinajstić information content (AvgIpc) is 3.10. The Hall–Kier alpha value is -2.79. The number of carbonyl (C=O) groups is 2. The van der Waals surface area contributed by atoms with Gasteiger partial charge in [0.2, 0.25) is 0 Å². The summed E-state index contributed by atoms with van der Waals surface area (Å²) in [6, 6.07) is 14.7. The highest BCUT2D eigenvalue weighted by Crippen LogP contribution is 2.33. The van der Waals surface area contributed by atoms with Crippen LogP contribution in [0.2, 0.25) is 5.02 Å². The first-order valence-corrected chi connectivity index (χ1v) is 9.19. The minimum atomic E-state index is -0.511. The summed E-state index contributed by atoms with van der Waals surface area (Å²) in [4.78, 5) is 28.4. The van der Waals surface area contributed by atoms with Gasteiger partial charge in [-0.15, -0.1) is 0 Å². The molecule has 0 fully saturated rings. The van der Waals surface area contributed by atoms with Crippen molar-refractivity contribution in [3.05, 3.63) is 70.4 Å². The predicted molar refractivity (Wildman–Crippen MR) is 104 cm³/mol. The van der Waals surface area contributed by atoms with Crippen LogP contribution in [0.1, 0.15) is 34.0 Å². The highest BCUT2D eigenvalue weighted by molar-refractivity contribution is 6.31. The molecule has 0 saturated carbocycles. The lowest BCUT2D eigenvalue weighted by Crippen LogP contribution is -2.45. The third-order valence-electron chi connectivity index (χ3n) is 5.12. The summed E-state index contributed by atoms with van der Waals surface area (Å²) in [7, 11) is 1.37. The molecule has 4 rings (SSSR count). The number of hydrogen-bond acceptors (Lipinski definition) is 3. The van der Waals surface area contributed by atoms with Crippen LogP contribution in [0.4, 0.5) is 0 Å². The van der Waals surface area contributed by atoms with Crippen LogP contribution >= 0.6 is 11.6 Å². The first kappa shape index (κ1) is 17.6. The van der Waals surface area contributed by atoms with Crippen LogP contribution in [-0.4, -0.2) is 30.0 Å². The van der Waals surface area contributed by atoms with E-state index in [0.717, 1.165) is 28.5 Å². The molecular weight excluding hydrogens is 364 g/mol. The maximum absolute atomic E-state index is 12.8. The molecule has 27 heavy (non-hydrogen) atoms. The number of hydrogen-bond donors (Lipinski definition) is 2. The number of aromatic amines is 1. The zero-order chi connectivity index (χ0) is 19.0. The summed E-state index contributed by atoms with van der Waals surface area (Å²) < 4.78 is 5.01. The van der Waals surface area contributed by atoms with Crippen LogP contribution in [-0.2, 0) is 16.0 Å². The standard InChI is InChI=1S/C21H19ClN2O3/c1-27-21(26)19-15-5-3-2-4-12(15)6-8-17(19)24-20(25)18-11-13-10-14(22)7-9-16(13)23-18/h2-5,7,9-11,17,19,23H,6,8H2,1H3,(H,24,25). The Bertz CT molecular complexity index is 1030. The lowest BCUT2D eigenvalue weighted by Gasteiger charge is -2.32. The number of aryl methyl sites for hydroxylation is 1. The molecule has 2 N–H and O–H groups in total. The molecule has 1 amide bonds. The summed E-state index contributed by atoms with van der Waals surface area (Å²) in [5, 5.41) is 4.49. The number of nitrogens with one attached hydrogen (secondary N) is 2. The van der Waals surface area contributed by atoms with Gasteiger partial charge >= 0.3 is 5.97 Å². The van der Waals surface area contributed by atoms with Crippen molar-refractivity contribution >= 4 is 34.4 Å². The zero-order valence-electron chi connectivity index (χ0n) is 14.8. The van der Waals surface area contributed by atoms with Gasteiger partial charge in [-0.25, -0.2) is 0 Å². The van der Waals surface area contributed by atoms with Gasteiger partial charge in [-0.05, 0) is 48.2 Å². The molecule has 2 atom stereocenters. The smallest absolute Gasteiger partial charge is 0.315 e. The van der Waals surface area contributed by atoms with Gasteiger partial charge in [-0.3, -0.25) is 9.59 Å². The number of benzene rings is 2. The number of amides is 1. The quantitative estimate of drug-likeness (QED) is 0.676. The average molecular weight is 383 g/mol. The Balaban J connectivity index is 1.61. The molecule has 3 aromatic rings. The van der Waals surface area contributed by atoms with E-state index in [0.29, 0.717) is 17.1 Å². The molecule has 6 heteroatoms. The van der Waals surface area contributed by atoms with Gasteiger partial charge < -0.3 is 15.0 Å². The molecule has 1 aliphatic carbocycles. The van der Waals surface area contributed by atoms with Crippen molar-refractivity contribution in [2.45, 2.75) is 24.8 Å². The lowest BCUT2D eigenvalue weighted by atomic mass is 9.79. The van der Waals surface area contributed by atoms with E-state index >= 15 is 0 Å². The van der Waals surface area contributed by atoms with E-state index in [-0.39, 0.29) is 17.9 Å². The van der Waals surface area contributed by atoms with E-state index in [1.165, 1.54) is 7.11 Å². The second kappa shape index (κ2) is 7.08. The number of methoxy groups -OCH3 is 1. The van der Waals surface area contributed by atoms with Crippen molar-refractivity contribution < 1.29 is 14.3 Å². The second-order valence-electron chi connectivity index (χ2n) is 6.73. The fourth-order valence-electron chi connectivity index (χ4n) is 3.81. The Kier molecular flexibility index (Phi) is 4.62. The summed E-state index contributed by atoms with van der Waals surface area (Å²) in [6.07, 6.45) is 1.48. The molecule has 0 spiro atoms. The lowest BCUT2D eigenvalue weighted by molar-refractivity contribution is -0.143. The van der Waals surface area contributed by atoms with Crippen molar-refractivity contribution in [3.8, 4) is 0 Å². The normalized spacial score (nSPS) is 18.7. The van der Waals surface area contributed by atoms with Gasteiger partial charge in [0.25, 0.3) is 5.91 Å². The molecule has 1 heterocycles. The fourth-order valence-corrected chi connectivity index (χ4v) is 3.99. The minimum absolute atomic E-state index is 0.249. The summed E-state index contributed by atoms with van der Waals surface area (Å²) in [6.45, 7) is 0. The van der Waals surface area contributed by atoms with Crippen molar-refractivity contribution in [2.24, 2.45) is 0 Å². The number of esters is 1. The molecular formula is C21H19ClN2O3. The van der Waals surface area contributed by atoms with Crippen molar-refractivity contribution in [3.63, 3.8) is 0 Å². The molecule has 138 valence electrons.